The van der Waals surface area contributed by atoms with E-state index in [4.69, 9.17) is 23.3 Å². The molecule has 0 fully saturated rings. The van der Waals surface area contributed by atoms with Crippen molar-refractivity contribution < 1.29 is 60.2 Å². The van der Waals surface area contributed by atoms with Gasteiger partial charge in [0.2, 0.25) is 17.1 Å². The minimum absolute atomic E-state index is 0.0654. The lowest BCUT2D eigenvalue weighted by molar-refractivity contribution is -0.175. The van der Waals surface area contributed by atoms with Gasteiger partial charge in [-0.15, -0.1) is 5.10 Å². The molecular weight excluding hydrogens is 935 g/mol. The lowest BCUT2D eigenvalue weighted by Crippen LogP contribution is -2.63. The monoisotopic (exact) mass is 1000 g/mol. The fraction of sp³-hybridized carbons (Fsp3) is 0.510. The van der Waals surface area contributed by atoms with Gasteiger partial charge in [-0.1, -0.05) is 98.3 Å². The number of methoxy groups -OCH3 is 1. The largest absolute Gasteiger partial charge is 0.497 e. The molecule has 0 aliphatic carbocycles. The summed E-state index contributed by atoms with van der Waals surface area (Å²) in [5, 5.41) is 12.0. The smallest absolute Gasteiger partial charge is 0.423 e. The molecule has 0 saturated carbocycles. The summed E-state index contributed by atoms with van der Waals surface area (Å²) in [6.07, 6.45) is -7.23. The average Bonchev–Trinajstić information content (AvgIpc) is 3.74. The molecule has 17 nitrogen and oxygen atoms in total. The number of rotatable bonds is 24. The molecule has 0 bridgehead atoms. The van der Waals surface area contributed by atoms with Gasteiger partial charge in [0.05, 0.1) is 38.6 Å². The van der Waals surface area contributed by atoms with E-state index in [9.17, 15) is 23.7 Å². The molecule has 384 valence electrons. The topological polar surface area (TPSA) is 202 Å². The highest BCUT2D eigenvalue weighted by atomic mass is 31.2. The summed E-state index contributed by atoms with van der Waals surface area (Å²) in [5.41, 5.74) is -0.933. The lowest BCUT2D eigenvalue weighted by Gasteiger charge is -2.41. The second-order valence-corrected chi connectivity index (χ2v) is 20.5. The number of ether oxygens (including phenoxy) is 3. The number of hydrogen-bond donors (Lipinski definition) is 3. The molecule has 0 spiro atoms. The third-order valence-corrected chi connectivity index (χ3v) is 13.9. The number of nitrogens with one attached hydrogen (secondary N) is 3. The molecule has 0 aliphatic rings. The van der Waals surface area contributed by atoms with Crippen molar-refractivity contribution in [2.45, 2.75) is 136 Å². The van der Waals surface area contributed by atoms with E-state index in [1.807, 2.05) is 25.1 Å². The van der Waals surface area contributed by atoms with Crippen LogP contribution >= 0.6 is 7.60 Å². The van der Waals surface area contributed by atoms with Crippen LogP contribution in [0.25, 0.3) is 0 Å². The highest BCUT2D eigenvalue weighted by Gasteiger charge is 2.70. The van der Waals surface area contributed by atoms with Crippen LogP contribution in [0.1, 0.15) is 91.1 Å². The minimum Gasteiger partial charge on any atom is -0.497 e. The Morgan fingerprint density at radius 3 is 1.91 bits per heavy atom. The number of carbonyl (C=O) groups is 4. The van der Waals surface area contributed by atoms with Crippen molar-refractivity contribution in [2.24, 2.45) is 5.92 Å². The number of benzene rings is 3. The molecule has 4 aromatic rings. The van der Waals surface area contributed by atoms with E-state index in [2.05, 4.69) is 20.9 Å². The van der Waals surface area contributed by atoms with E-state index >= 15 is 13.2 Å². The van der Waals surface area contributed by atoms with Crippen molar-refractivity contribution in [1.82, 2.24) is 35.8 Å². The molecule has 1 heterocycles. The summed E-state index contributed by atoms with van der Waals surface area (Å²) >= 11 is 0. The van der Waals surface area contributed by atoms with Crippen molar-refractivity contribution >= 4 is 31.6 Å². The first-order valence-electron chi connectivity index (χ1n) is 23.0. The Kier molecular flexibility index (Phi) is 20.0. The van der Waals surface area contributed by atoms with Crippen molar-refractivity contribution in [2.75, 3.05) is 20.3 Å². The number of alkyl halides is 3. The maximum atomic E-state index is 15.6. The maximum absolute atomic E-state index is 15.6. The van der Waals surface area contributed by atoms with E-state index in [-0.39, 0.29) is 25.2 Å². The van der Waals surface area contributed by atoms with Crippen molar-refractivity contribution in [3.63, 3.8) is 0 Å². The molecule has 0 radical (unpaired) electrons. The van der Waals surface area contributed by atoms with Gasteiger partial charge in [-0.3, -0.25) is 24.2 Å². The number of aromatic nitrogens is 3. The highest BCUT2D eigenvalue weighted by Crippen LogP contribution is 2.65. The quantitative estimate of drug-likeness (QED) is 0.0565. The molecule has 0 aliphatic heterocycles. The van der Waals surface area contributed by atoms with Crippen LogP contribution in [0.5, 0.6) is 5.75 Å². The predicted octanol–water partition coefficient (Wildman–Crippen LogP) is 8.75. The fourth-order valence-corrected chi connectivity index (χ4v) is 9.44. The first-order valence-corrected chi connectivity index (χ1v) is 24.6. The third-order valence-electron chi connectivity index (χ3n) is 11.3. The van der Waals surface area contributed by atoms with Crippen LogP contribution in [0.3, 0.4) is 0 Å². The summed E-state index contributed by atoms with van der Waals surface area (Å²) in [5.74, 6) is -0.993. The molecule has 1 unspecified atom stereocenters. The van der Waals surface area contributed by atoms with Crippen molar-refractivity contribution in [3.8, 4) is 5.75 Å². The van der Waals surface area contributed by atoms with Crippen LogP contribution in [0, 0.1) is 5.92 Å². The molecule has 3 N–H and O–H groups in total. The van der Waals surface area contributed by atoms with Gasteiger partial charge in [-0.2, -0.15) is 13.2 Å². The molecule has 4 atom stereocenters. The molecule has 3 aromatic carbocycles. The number of nitrogens with zero attached hydrogens (tertiary/aromatic N) is 4. The second-order valence-electron chi connectivity index (χ2n) is 18.2. The normalized spacial score (nSPS) is 14.3. The summed E-state index contributed by atoms with van der Waals surface area (Å²) < 4.78 is 88.9. The SMILES string of the molecule is CCOP(=O)(OCC)C(Cc1cn(C[C@H](Cc2ccccc2)NC(=O)C(C)(C)N(Cc2ccc(OC)cc2)C(=O)[C@@H](NC(=O)OC(C)(C)C)[C@@H](C)CC)nn1)(NC(=O)OCc1ccccc1)C(F)(F)F. The average molecular weight is 1000 g/mol. The third kappa shape index (κ3) is 15.3. The number of halogens is 3. The van der Waals surface area contributed by atoms with E-state index in [1.165, 1.54) is 36.7 Å². The van der Waals surface area contributed by atoms with Crippen LogP contribution < -0.4 is 20.7 Å². The second kappa shape index (κ2) is 24.7. The molecule has 1 aromatic heterocycles. The number of alkyl carbamates (subject to hydrolysis) is 2. The Labute approximate surface area is 408 Å². The van der Waals surface area contributed by atoms with Crippen LogP contribution in [0.4, 0.5) is 22.8 Å². The molecule has 21 heteroatoms. The van der Waals surface area contributed by atoms with Gasteiger partial charge < -0.3 is 38.8 Å². The van der Waals surface area contributed by atoms with Gasteiger partial charge in [-0.05, 0) is 89.6 Å². The zero-order valence-corrected chi connectivity index (χ0v) is 42.4. The standard InChI is InChI=1S/C49H67F3N7O10P/c1-11-34(4)41(54-44(62)69-46(5,6)7)42(60)59(30-36-24-26-40(65-10)27-25-36)47(8,9)43(61)53-38(28-35-20-16-14-17-21-35)31-58-32-39(56-57-58)29-48(49(50,51)52,70(64,67-12-2)68-13-3)55-45(63)66-33-37-22-18-15-19-23-37/h14-27,32,34,38,41H,11-13,28-31,33H2,1-10H3,(H,53,61)(H,54,62)(H,55,63)/t34-,38-,41-,48?/m0/s1. The number of hydrogen-bond acceptors (Lipinski definition) is 12. The number of amides is 4. The van der Waals surface area contributed by atoms with E-state index < -0.39 is 98.4 Å². The minimum atomic E-state index is -5.47. The van der Waals surface area contributed by atoms with Crippen LogP contribution in [-0.4, -0.2) is 98.9 Å². The van der Waals surface area contributed by atoms with Crippen LogP contribution in [0.2, 0.25) is 0 Å². The summed E-state index contributed by atoms with van der Waals surface area (Å²) in [6, 6.07) is 22.3. The Morgan fingerprint density at radius 2 is 1.39 bits per heavy atom. The first-order chi connectivity index (χ1) is 32.9. The molecular formula is C49H67F3N7O10P. The van der Waals surface area contributed by atoms with Gasteiger partial charge in [0.15, 0.2) is 0 Å². The van der Waals surface area contributed by atoms with Gasteiger partial charge in [-0.25, -0.2) is 9.59 Å². The molecule has 0 saturated heterocycles. The van der Waals surface area contributed by atoms with Gasteiger partial charge in [0, 0.05) is 19.2 Å². The summed E-state index contributed by atoms with van der Waals surface area (Å²) in [6.45, 7) is 13.0. The fourth-order valence-electron chi connectivity index (χ4n) is 7.35. The Hall–Kier alpha value is -5.98. The summed E-state index contributed by atoms with van der Waals surface area (Å²) in [7, 11) is -3.80. The molecule has 70 heavy (non-hydrogen) atoms. The van der Waals surface area contributed by atoms with Crippen molar-refractivity contribution in [3.05, 3.63) is 114 Å². The van der Waals surface area contributed by atoms with E-state index in [0.29, 0.717) is 23.3 Å². The zero-order valence-electron chi connectivity index (χ0n) is 41.5. The van der Waals surface area contributed by atoms with Gasteiger partial charge in [0.1, 0.15) is 29.5 Å². The van der Waals surface area contributed by atoms with Crippen LogP contribution in [-0.2, 0) is 65.2 Å². The summed E-state index contributed by atoms with van der Waals surface area (Å²) in [4.78, 5) is 57.5. The molecule has 4 rings (SSSR count). The maximum Gasteiger partial charge on any atom is 0.423 e. The Morgan fingerprint density at radius 1 is 0.800 bits per heavy atom. The van der Waals surface area contributed by atoms with Gasteiger partial charge in [0.25, 0.3) is 0 Å². The molecule has 4 amide bonds. The van der Waals surface area contributed by atoms with Crippen LogP contribution in [0.15, 0.2) is 91.1 Å². The number of carbonyl (C=O) groups excluding carboxylic acids is 4. The lowest BCUT2D eigenvalue weighted by atomic mass is 9.93. The zero-order chi connectivity index (χ0) is 51.9. The van der Waals surface area contributed by atoms with Crippen molar-refractivity contribution in [1.29, 1.82) is 0 Å². The predicted molar refractivity (Wildman–Crippen MR) is 255 cm³/mol. The first kappa shape index (κ1) is 56.6. The highest BCUT2D eigenvalue weighted by molar-refractivity contribution is 7.55. The van der Waals surface area contributed by atoms with E-state index in [1.54, 1.807) is 114 Å². The Bertz CT molecular complexity index is 2360. The van der Waals surface area contributed by atoms with E-state index in [0.717, 1.165) is 5.56 Å². The van der Waals surface area contributed by atoms with Gasteiger partial charge >= 0.3 is 26.0 Å². The Balaban J connectivity index is 1.73.